The number of aromatic nitrogens is 1. The molecule has 0 atom stereocenters. The first-order valence-electron chi connectivity index (χ1n) is 8.45. The third kappa shape index (κ3) is 6.44. The molecule has 0 aromatic carbocycles. The zero-order chi connectivity index (χ0) is 16.3. The lowest BCUT2D eigenvalue weighted by Gasteiger charge is -2.13. The first-order chi connectivity index (χ1) is 11.3. The third-order valence-corrected chi connectivity index (χ3v) is 3.81. The minimum Gasteiger partial charge on any atom is -0.474 e. The van der Waals surface area contributed by atoms with Gasteiger partial charge in [0.15, 0.2) is 5.96 Å². The van der Waals surface area contributed by atoms with Gasteiger partial charge in [-0.3, -0.25) is 4.99 Å². The van der Waals surface area contributed by atoms with Crippen molar-refractivity contribution >= 4 is 5.96 Å². The molecule has 1 heterocycles. The minimum absolute atomic E-state index is 0.347. The molecule has 1 aromatic rings. The predicted octanol–water partition coefficient (Wildman–Crippen LogP) is 2.10. The van der Waals surface area contributed by atoms with Gasteiger partial charge in [-0.2, -0.15) is 0 Å². The fraction of sp³-hybridized carbons (Fsp3) is 0.647. The van der Waals surface area contributed by atoms with E-state index in [1.807, 2.05) is 25.3 Å². The molecule has 6 nitrogen and oxygen atoms in total. The highest BCUT2D eigenvalue weighted by atomic mass is 16.5. The Morgan fingerprint density at radius 3 is 2.78 bits per heavy atom. The molecule has 1 fully saturated rings. The number of nitrogens with zero attached hydrogens (tertiary/aromatic N) is 2. The van der Waals surface area contributed by atoms with Crippen molar-refractivity contribution in [3.8, 4) is 5.88 Å². The van der Waals surface area contributed by atoms with Crippen molar-refractivity contribution in [3.63, 3.8) is 0 Å². The van der Waals surface area contributed by atoms with E-state index in [2.05, 4.69) is 20.6 Å². The van der Waals surface area contributed by atoms with Crippen LogP contribution in [0, 0.1) is 0 Å². The van der Waals surface area contributed by atoms with E-state index in [0.29, 0.717) is 19.3 Å². The van der Waals surface area contributed by atoms with Crippen LogP contribution in [-0.2, 0) is 11.3 Å². The van der Waals surface area contributed by atoms with Crippen LogP contribution in [0.1, 0.15) is 38.2 Å². The average Bonchev–Trinajstić information content (AvgIpc) is 3.08. The number of nitrogens with one attached hydrogen (secondary N) is 2. The lowest BCUT2D eigenvalue weighted by molar-refractivity contribution is 0.152. The summed E-state index contributed by atoms with van der Waals surface area (Å²) in [6, 6.07) is 3.98. The second kappa shape index (κ2) is 10.0. The number of ether oxygens (including phenoxy) is 2. The van der Waals surface area contributed by atoms with Crippen LogP contribution in [0.2, 0.25) is 0 Å². The predicted molar refractivity (Wildman–Crippen MR) is 91.8 cm³/mol. The highest BCUT2D eigenvalue weighted by Crippen LogP contribution is 2.22. The van der Waals surface area contributed by atoms with E-state index in [0.717, 1.165) is 43.4 Å². The summed E-state index contributed by atoms with van der Waals surface area (Å²) in [5.41, 5.74) is 1.09. The van der Waals surface area contributed by atoms with Gasteiger partial charge in [0.2, 0.25) is 5.88 Å². The average molecular weight is 320 g/mol. The molecule has 0 aliphatic heterocycles. The maximum absolute atomic E-state index is 5.87. The summed E-state index contributed by atoms with van der Waals surface area (Å²) < 4.78 is 11.2. The van der Waals surface area contributed by atoms with Crippen LogP contribution in [0.25, 0.3) is 0 Å². The summed E-state index contributed by atoms with van der Waals surface area (Å²) in [5.74, 6) is 1.48. The fourth-order valence-electron chi connectivity index (χ4n) is 2.55. The maximum atomic E-state index is 5.87. The standard InChI is InChI=1S/C17H28N4O2/c1-3-22-11-10-19-17(18-2)21-13-14-8-9-16(20-12-14)23-15-6-4-5-7-15/h8-9,12,15H,3-7,10-11,13H2,1-2H3,(H2,18,19,21). The Kier molecular flexibility index (Phi) is 7.66. The molecule has 2 rings (SSSR count). The molecule has 1 aromatic heterocycles. The Hall–Kier alpha value is -1.82. The number of pyridine rings is 1. The summed E-state index contributed by atoms with van der Waals surface area (Å²) in [6.07, 6.45) is 7.03. The van der Waals surface area contributed by atoms with Gasteiger partial charge in [0.05, 0.1) is 6.61 Å². The van der Waals surface area contributed by atoms with Crippen molar-refractivity contribution in [1.82, 2.24) is 15.6 Å². The third-order valence-electron chi connectivity index (χ3n) is 3.81. The smallest absolute Gasteiger partial charge is 0.213 e. The highest BCUT2D eigenvalue weighted by Gasteiger charge is 2.16. The van der Waals surface area contributed by atoms with Crippen LogP contribution in [-0.4, -0.2) is 43.9 Å². The van der Waals surface area contributed by atoms with Gasteiger partial charge in [-0.05, 0) is 38.2 Å². The molecule has 128 valence electrons. The molecule has 23 heavy (non-hydrogen) atoms. The highest BCUT2D eigenvalue weighted by molar-refractivity contribution is 5.79. The van der Waals surface area contributed by atoms with E-state index >= 15 is 0 Å². The molecule has 0 spiro atoms. The molecule has 0 saturated heterocycles. The van der Waals surface area contributed by atoms with Crippen molar-refractivity contribution in [2.75, 3.05) is 26.8 Å². The van der Waals surface area contributed by atoms with Gasteiger partial charge in [0.25, 0.3) is 0 Å². The molecular weight excluding hydrogens is 292 g/mol. The SMILES string of the molecule is CCOCCNC(=NC)NCc1ccc(OC2CCCC2)nc1. The molecule has 0 radical (unpaired) electrons. The Morgan fingerprint density at radius 1 is 1.30 bits per heavy atom. The minimum atomic E-state index is 0.347. The van der Waals surface area contributed by atoms with Gasteiger partial charge < -0.3 is 20.1 Å². The number of hydrogen-bond acceptors (Lipinski definition) is 4. The van der Waals surface area contributed by atoms with Crippen LogP contribution in [0.3, 0.4) is 0 Å². The molecule has 0 unspecified atom stereocenters. The van der Waals surface area contributed by atoms with Crippen molar-refractivity contribution < 1.29 is 9.47 Å². The van der Waals surface area contributed by atoms with E-state index in [4.69, 9.17) is 9.47 Å². The van der Waals surface area contributed by atoms with Crippen LogP contribution < -0.4 is 15.4 Å². The fourth-order valence-corrected chi connectivity index (χ4v) is 2.55. The molecule has 2 N–H and O–H groups in total. The lowest BCUT2D eigenvalue weighted by Crippen LogP contribution is -2.38. The van der Waals surface area contributed by atoms with Crippen LogP contribution in [0.4, 0.5) is 0 Å². The summed E-state index contributed by atoms with van der Waals surface area (Å²) in [7, 11) is 1.76. The van der Waals surface area contributed by atoms with Gasteiger partial charge in [-0.1, -0.05) is 6.07 Å². The quantitative estimate of drug-likeness (QED) is 0.436. The normalized spacial score (nSPS) is 15.7. The van der Waals surface area contributed by atoms with Crippen LogP contribution >= 0.6 is 0 Å². The lowest BCUT2D eigenvalue weighted by atomic mass is 10.3. The molecule has 1 saturated carbocycles. The second-order valence-corrected chi connectivity index (χ2v) is 5.58. The Bertz CT molecular complexity index is 470. The summed E-state index contributed by atoms with van der Waals surface area (Å²) >= 11 is 0. The summed E-state index contributed by atoms with van der Waals surface area (Å²) in [5, 5.41) is 6.46. The van der Waals surface area contributed by atoms with Crippen LogP contribution in [0.5, 0.6) is 5.88 Å². The molecule has 0 bridgehead atoms. The molecule has 1 aliphatic carbocycles. The summed E-state index contributed by atoms with van der Waals surface area (Å²) in [6.45, 7) is 4.80. The van der Waals surface area contributed by atoms with Crippen molar-refractivity contribution in [1.29, 1.82) is 0 Å². The first-order valence-corrected chi connectivity index (χ1v) is 8.45. The zero-order valence-corrected chi connectivity index (χ0v) is 14.2. The van der Waals surface area contributed by atoms with E-state index in [1.54, 1.807) is 7.05 Å². The van der Waals surface area contributed by atoms with E-state index in [-0.39, 0.29) is 0 Å². The van der Waals surface area contributed by atoms with E-state index < -0.39 is 0 Å². The van der Waals surface area contributed by atoms with Crippen molar-refractivity contribution in [2.24, 2.45) is 4.99 Å². The summed E-state index contributed by atoms with van der Waals surface area (Å²) in [4.78, 5) is 8.57. The largest absolute Gasteiger partial charge is 0.474 e. The van der Waals surface area contributed by atoms with Crippen LogP contribution in [0.15, 0.2) is 23.3 Å². The van der Waals surface area contributed by atoms with Gasteiger partial charge >= 0.3 is 0 Å². The van der Waals surface area contributed by atoms with Crippen molar-refractivity contribution in [3.05, 3.63) is 23.9 Å². The van der Waals surface area contributed by atoms with Gasteiger partial charge in [-0.25, -0.2) is 4.98 Å². The topological polar surface area (TPSA) is 67.8 Å². The first kappa shape index (κ1) is 17.5. The number of rotatable bonds is 8. The Labute approximate surface area is 138 Å². The Balaban J connectivity index is 1.71. The zero-order valence-electron chi connectivity index (χ0n) is 14.2. The van der Waals surface area contributed by atoms with Gasteiger partial charge in [0, 0.05) is 39.0 Å². The van der Waals surface area contributed by atoms with Gasteiger partial charge in [0.1, 0.15) is 6.10 Å². The maximum Gasteiger partial charge on any atom is 0.213 e. The van der Waals surface area contributed by atoms with Gasteiger partial charge in [-0.15, -0.1) is 0 Å². The number of aliphatic imine (C=N–C) groups is 1. The van der Waals surface area contributed by atoms with E-state index in [9.17, 15) is 0 Å². The second-order valence-electron chi connectivity index (χ2n) is 5.58. The molecule has 1 aliphatic rings. The molecule has 6 heteroatoms. The molecule has 0 amide bonds. The monoisotopic (exact) mass is 320 g/mol. The number of hydrogen-bond donors (Lipinski definition) is 2. The number of guanidine groups is 1. The Morgan fingerprint density at radius 2 is 2.13 bits per heavy atom. The molecular formula is C17H28N4O2. The van der Waals surface area contributed by atoms with Crippen molar-refractivity contribution in [2.45, 2.75) is 45.3 Å². The van der Waals surface area contributed by atoms with E-state index in [1.165, 1.54) is 12.8 Å².